The molecule has 4 aromatic rings. The predicted molar refractivity (Wildman–Crippen MR) is 136 cm³/mol. The predicted octanol–water partition coefficient (Wildman–Crippen LogP) is 2.90. The molecule has 0 amide bonds. The van der Waals surface area contributed by atoms with E-state index in [2.05, 4.69) is 56.0 Å². The van der Waals surface area contributed by atoms with Crippen LogP contribution in [-0.4, -0.2) is 43.0 Å². The molecule has 0 saturated carbocycles. The van der Waals surface area contributed by atoms with Gasteiger partial charge in [0.1, 0.15) is 5.39 Å². The van der Waals surface area contributed by atoms with Gasteiger partial charge in [0.05, 0.1) is 11.4 Å². The van der Waals surface area contributed by atoms with Crippen molar-refractivity contribution in [1.29, 1.82) is 0 Å². The second kappa shape index (κ2) is 7.64. The van der Waals surface area contributed by atoms with Crippen LogP contribution < -0.4 is 16.2 Å². The Kier molecular flexibility index (Phi) is 4.76. The number of aromatic nitrogens is 6. The van der Waals surface area contributed by atoms with E-state index >= 15 is 0 Å². The fourth-order valence-electron chi connectivity index (χ4n) is 6.09. The zero-order chi connectivity index (χ0) is 24.5. The number of fused-ring (bicyclic) bond motifs is 2. The Hall–Kier alpha value is -3.72. The molecule has 2 aliphatic rings. The summed E-state index contributed by atoms with van der Waals surface area (Å²) < 4.78 is 1.81. The number of nitrogens with zero attached hydrogens (tertiary/aromatic N) is 5. The number of anilines is 1. The molecule has 9 heteroatoms. The first-order valence-corrected chi connectivity index (χ1v) is 12.1. The van der Waals surface area contributed by atoms with Gasteiger partial charge in [-0.3, -0.25) is 19.6 Å². The van der Waals surface area contributed by atoms with Crippen molar-refractivity contribution in [3.63, 3.8) is 0 Å². The highest BCUT2D eigenvalue weighted by Gasteiger charge is 2.46. The molecular formula is C26H30N8O. The molecule has 9 nitrogen and oxygen atoms in total. The molecule has 4 N–H and O–H groups in total. The molecule has 0 bridgehead atoms. The Bertz CT molecular complexity index is 1530. The van der Waals surface area contributed by atoms with Gasteiger partial charge in [-0.15, -0.1) is 0 Å². The monoisotopic (exact) mass is 470 g/mol. The highest BCUT2D eigenvalue weighted by atomic mass is 16.1. The third-order valence-corrected chi connectivity index (χ3v) is 8.18. The maximum absolute atomic E-state index is 13.2. The molecule has 1 aromatic carbocycles. The van der Waals surface area contributed by atoms with E-state index in [1.165, 1.54) is 11.1 Å². The van der Waals surface area contributed by atoms with Gasteiger partial charge in [-0.2, -0.15) is 15.2 Å². The van der Waals surface area contributed by atoms with Crippen molar-refractivity contribution in [1.82, 2.24) is 29.9 Å². The molecule has 0 radical (unpaired) electrons. The van der Waals surface area contributed by atoms with E-state index in [1.54, 1.807) is 0 Å². The summed E-state index contributed by atoms with van der Waals surface area (Å²) in [6.07, 6.45) is 2.92. The summed E-state index contributed by atoms with van der Waals surface area (Å²) in [4.78, 5) is 23.1. The summed E-state index contributed by atoms with van der Waals surface area (Å²) >= 11 is 0. The number of nitrogens with two attached hydrogens (primary N) is 1. The second-order valence-electron chi connectivity index (χ2n) is 10.0. The third-order valence-electron chi connectivity index (χ3n) is 8.18. The number of hydrogen-bond acceptors (Lipinski definition) is 6. The van der Waals surface area contributed by atoms with Gasteiger partial charge < -0.3 is 10.6 Å². The Morgan fingerprint density at radius 3 is 2.66 bits per heavy atom. The standard InChI is InChI=1S/C26H30N8O/c1-14(19-15(2)32-33(4)16(19)3)21-20-23(31-30-21)28-25(29-24(20)35)34-11-9-26(10-12-34)13-17-7-5-6-8-18(17)22(26)27/h5-8,22H,1,9-13,27H2,2-4H3,(H2,28,29,30,31,35)/t22-/m1/s1. The van der Waals surface area contributed by atoms with Crippen LogP contribution in [0.1, 0.15) is 52.7 Å². The number of aromatic amines is 2. The minimum absolute atomic E-state index is 0.0506. The minimum Gasteiger partial charge on any atom is -0.342 e. The van der Waals surface area contributed by atoms with Crippen molar-refractivity contribution in [3.05, 3.63) is 75.0 Å². The zero-order valence-electron chi connectivity index (χ0n) is 20.4. The average Bonchev–Trinajstić information content (AvgIpc) is 3.47. The number of H-pyrrole nitrogens is 2. The first-order chi connectivity index (χ1) is 16.8. The maximum Gasteiger partial charge on any atom is 0.264 e. The molecule has 3 aromatic heterocycles. The van der Waals surface area contributed by atoms with Gasteiger partial charge in [0.15, 0.2) is 5.65 Å². The van der Waals surface area contributed by atoms with Crippen molar-refractivity contribution < 1.29 is 0 Å². The maximum atomic E-state index is 13.2. The third kappa shape index (κ3) is 3.18. The Morgan fingerprint density at radius 1 is 1.23 bits per heavy atom. The lowest BCUT2D eigenvalue weighted by Gasteiger charge is -2.42. The van der Waals surface area contributed by atoms with Crippen LogP contribution in [-0.2, 0) is 13.5 Å². The minimum atomic E-state index is -0.223. The van der Waals surface area contributed by atoms with Crippen molar-refractivity contribution in [2.75, 3.05) is 18.0 Å². The summed E-state index contributed by atoms with van der Waals surface area (Å²) in [6.45, 7) is 9.73. The van der Waals surface area contributed by atoms with Crippen molar-refractivity contribution in [3.8, 4) is 0 Å². The summed E-state index contributed by atoms with van der Waals surface area (Å²) in [6, 6.07) is 8.56. The Morgan fingerprint density at radius 2 is 1.97 bits per heavy atom. The summed E-state index contributed by atoms with van der Waals surface area (Å²) in [5.74, 6) is 0.554. The van der Waals surface area contributed by atoms with Gasteiger partial charge in [0.2, 0.25) is 5.95 Å². The lowest BCUT2D eigenvalue weighted by molar-refractivity contribution is 0.187. The normalized spacial score (nSPS) is 19.0. The molecule has 4 heterocycles. The largest absolute Gasteiger partial charge is 0.342 e. The summed E-state index contributed by atoms with van der Waals surface area (Å²) in [5.41, 5.74) is 13.6. The lowest BCUT2D eigenvalue weighted by atomic mass is 9.73. The molecule has 1 fully saturated rings. The Balaban J connectivity index is 1.27. The van der Waals surface area contributed by atoms with Crippen LogP contribution in [0.25, 0.3) is 16.6 Å². The van der Waals surface area contributed by atoms with E-state index in [0.717, 1.165) is 49.3 Å². The van der Waals surface area contributed by atoms with Gasteiger partial charge in [-0.1, -0.05) is 30.8 Å². The molecule has 180 valence electrons. The van der Waals surface area contributed by atoms with E-state index in [4.69, 9.17) is 10.7 Å². The van der Waals surface area contributed by atoms with E-state index in [-0.39, 0.29) is 17.0 Å². The average molecular weight is 471 g/mol. The van der Waals surface area contributed by atoms with Gasteiger partial charge in [-0.05, 0) is 49.7 Å². The summed E-state index contributed by atoms with van der Waals surface area (Å²) in [5, 5.41) is 12.3. The van der Waals surface area contributed by atoms with Crippen molar-refractivity contribution in [2.24, 2.45) is 18.2 Å². The second-order valence-corrected chi connectivity index (χ2v) is 10.0. The molecule has 1 aliphatic heterocycles. The molecule has 1 atom stereocenters. The van der Waals surface area contributed by atoms with Crippen LogP contribution >= 0.6 is 0 Å². The van der Waals surface area contributed by atoms with Crippen LogP contribution in [0.2, 0.25) is 0 Å². The number of aryl methyl sites for hydroxylation is 2. The van der Waals surface area contributed by atoms with Crippen LogP contribution in [0.5, 0.6) is 0 Å². The fourth-order valence-corrected chi connectivity index (χ4v) is 6.09. The van der Waals surface area contributed by atoms with Crippen LogP contribution in [0.4, 0.5) is 5.95 Å². The van der Waals surface area contributed by atoms with E-state index in [0.29, 0.717) is 28.2 Å². The molecule has 1 aliphatic carbocycles. The number of piperidine rings is 1. The molecule has 0 unspecified atom stereocenters. The molecule has 35 heavy (non-hydrogen) atoms. The van der Waals surface area contributed by atoms with Gasteiger partial charge >= 0.3 is 0 Å². The smallest absolute Gasteiger partial charge is 0.264 e. The van der Waals surface area contributed by atoms with Crippen LogP contribution in [0.15, 0.2) is 35.6 Å². The SMILES string of the molecule is C=C(c1c(C)nn(C)c1C)c1[nH]nc2nc(N3CCC4(CC3)Cc3ccccc3[C@H]4N)[nH]c(=O)c12. The van der Waals surface area contributed by atoms with E-state index < -0.39 is 0 Å². The fraction of sp³-hybridized carbons (Fsp3) is 0.385. The first kappa shape index (κ1) is 21.8. The number of rotatable bonds is 3. The van der Waals surface area contributed by atoms with Crippen molar-refractivity contribution in [2.45, 2.75) is 39.2 Å². The quantitative estimate of drug-likeness (QED) is 0.423. The summed E-state index contributed by atoms with van der Waals surface area (Å²) in [7, 11) is 1.89. The lowest BCUT2D eigenvalue weighted by Crippen LogP contribution is -2.45. The highest BCUT2D eigenvalue weighted by Crippen LogP contribution is 2.50. The first-order valence-electron chi connectivity index (χ1n) is 12.1. The molecular weight excluding hydrogens is 440 g/mol. The van der Waals surface area contributed by atoms with E-state index in [1.807, 2.05) is 25.6 Å². The molecule has 1 saturated heterocycles. The number of hydrogen-bond donors (Lipinski definition) is 3. The van der Waals surface area contributed by atoms with Gasteiger partial charge in [-0.25, -0.2) is 0 Å². The van der Waals surface area contributed by atoms with Crippen LogP contribution in [0.3, 0.4) is 0 Å². The highest BCUT2D eigenvalue weighted by molar-refractivity contribution is 5.93. The van der Waals surface area contributed by atoms with Crippen molar-refractivity contribution >= 4 is 22.6 Å². The van der Waals surface area contributed by atoms with Gasteiger partial charge in [0, 0.05) is 43.0 Å². The van der Waals surface area contributed by atoms with Gasteiger partial charge in [0.25, 0.3) is 5.56 Å². The number of nitrogens with one attached hydrogen (secondary N) is 2. The van der Waals surface area contributed by atoms with E-state index in [9.17, 15) is 4.79 Å². The topological polar surface area (TPSA) is 122 Å². The molecule has 1 spiro atoms. The van der Waals surface area contributed by atoms with Crippen LogP contribution in [0, 0.1) is 19.3 Å². The molecule has 6 rings (SSSR count). The Labute approximate surface area is 203 Å². The number of benzene rings is 1. The zero-order valence-corrected chi connectivity index (χ0v) is 20.4.